The lowest BCUT2D eigenvalue weighted by Crippen LogP contribution is -2.41. The molecule has 4 nitrogen and oxygen atoms in total. The van der Waals surface area contributed by atoms with Crippen LogP contribution < -0.4 is 5.32 Å². The maximum atomic E-state index is 12.2. The molecule has 0 aliphatic rings. The lowest BCUT2D eigenvalue weighted by Gasteiger charge is -2.21. The van der Waals surface area contributed by atoms with Crippen LogP contribution in [-0.4, -0.2) is 35.5 Å². The molecule has 1 aromatic carbocycles. The Hall–Kier alpha value is -1.88. The molecule has 2 rings (SSSR count). The topological polar surface area (TPSA) is 45.2 Å². The molecule has 1 aromatic heterocycles. The van der Waals surface area contributed by atoms with Gasteiger partial charge in [-0.25, -0.2) is 4.79 Å². The first-order valence-electron chi connectivity index (χ1n) is 7.85. The quantitative estimate of drug-likeness (QED) is 0.802. The summed E-state index contributed by atoms with van der Waals surface area (Å²) in [5, 5.41) is 3.00. The Morgan fingerprint density at radius 3 is 2.65 bits per heavy atom. The summed E-state index contributed by atoms with van der Waals surface area (Å²) in [5.41, 5.74) is 2.40. The van der Waals surface area contributed by atoms with E-state index in [4.69, 9.17) is 0 Å². The lowest BCUT2D eigenvalue weighted by atomic mass is 10.1. The predicted molar refractivity (Wildman–Crippen MR) is 96.4 cm³/mol. The first-order chi connectivity index (χ1) is 11.2. The van der Waals surface area contributed by atoms with Crippen LogP contribution in [0.15, 0.2) is 53.3 Å². The van der Waals surface area contributed by atoms with Crippen molar-refractivity contribution >= 4 is 22.0 Å². The number of rotatable bonds is 7. The average Bonchev–Trinajstić information content (AvgIpc) is 2.56. The Balaban J connectivity index is 1.76. The van der Waals surface area contributed by atoms with Gasteiger partial charge in [0.15, 0.2) is 0 Å². The van der Waals surface area contributed by atoms with Gasteiger partial charge in [-0.05, 0) is 55.2 Å². The van der Waals surface area contributed by atoms with Gasteiger partial charge < -0.3 is 10.2 Å². The van der Waals surface area contributed by atoms with E-state index < -0.39 is 0 Å². The van der Waals surface area contributed by atoms with Crippen molar-refractivity contribution in [2.24, 2.45) is 0 Å². The van der Waals surface area contributed by atoms with Crippen LogP contribution in [0.1, 0.15) is 18.1 Å². The maximum Gasteiger partial charge on any atom is 0.317 e. The van der Waals surface area contributed by atoms with Crippen LogP contribution in [0, 0.1) is 0 Å². The average molecular weight is 376 g/mol. The van der Waals surface area contributed by atoms with Gasteiger partial charge in [0.2, 0.25) is 0 Å². The van der Waals surface area contributed by atoms with E-state index in [0.717, 1.165) is 17.3 Å². The zero-order valence-electron chi connectivity index (χ0n) is 13.3. The molecule has 0 fully saturated rings. The van der Waals surface area contributed by atoms with Gasteiger partial charge in [-0.15, -0.1) is 0 Å². The van der Waals surface area contributed by atoms with Gasteiger partial charge in [-0.1, -0.05) is 28.1 Å². The number of carbonyl (C=O) groups excluding carboxylic acids is 1. The van der Waals surface area contributed by atoms with E-state index in [2.05, 4.69) is 38.4 Å². The van der Waals surface area contributed by atoms with Crippen LogP contribution in [-0.2, 0) is 12.8 Å². The molecule has 23 heavy (non-hydrogen) atoms. The summed E-state index contributed by atoms with van der Waals surface area (Å²) < 4.78 is 1.06. The minimum Gasteiger partial charge on any atom is -0.338 e. The summed E-state index contributed by atoms with van der Waals surface area (Å²) in [6.07, 6.45) is 5.23. The number of likely N-dealkylation sites (N-methyl/N-ethyl adjacent to an activating group) is 1. The van der Waals surface area contributed by atoms with Crippen molar-refractivity contribution in [1.29, 1.82) is 0 Å². The van der Waals surface area contributed by atoms with Crippen molar-refractivity contribution in [3.8, 4) is 0 Å². The molecular formula is C18H22BrN3O. The number of aromatic nitrogens is 1. The zero-order chi connectivity index (χ0) is 16.5. The highest BCUT2D eigenvalue weighted by Crippen LogP contribution is 2.11. The van der Waals surface area contributed by atoms with E-state index in [0.29, 0.717) is 19.6 Å². The molecule has 1 heterocycles. The number of hydrogen-bond donors (Lipinski definition) is 1. The Bertz CT molecular complexity index is 619. The Morgan fingerprint density at radius 1 is 1.17 bits per heavy atom. The Morgan fingerprint density at radius 2 is 1.96 bits per heavy atom. The third-order valence-corrected chi connectivity index (χ3v) is 4.16. The monoisotopic (exact) mass is 375 g/mol. The molecule has 0 saturated carbocycles. The van der Waals surface area contributed by atoms with E-state index in [1.165, 1.54) is 11.1 Å². The predicted octanol–water partition coefficient (Wildman–Crippen LogP) is 3.66. The third-order valence-electron chi connectivity index (χ3n) is 3.67. The Kier molecular flexibility index (Phi) is 7.07. The first-order valence-corrected chi connectivity index (χ1v) is 8.64. The first kappa shape index (κ1) is 17.5. The van der Waals surface area contributed by atoms with Gasteiger partial charge >= 0.3 is 6.03 Å². The minimum atomic E-state index is -0.00319. The molecule has 0 bridgehead atoms. The second-order valence-corrected chi connectivity index (χ2v) is 6.21. The Labute approximate surface area is 146 Å². The van der Waals surface area contributed by atoms with E-state index in [-0.39, 0.29) is 6.03 Å². The highest BCUT2D eigenvalue weighted by atomic mass is 79.9. The number of amides is 2. The normalized spacial score (nSPS) is 10.3. The van der Waals surface area contributed by atoms with E-state index in [9.17, 15) is 4.79 Å². The molecule has 1 N–H and O–H groups in total. The van der Waals surface area contributed by atoms with Crippen molar-refractivity contribution in [1.82, 2.24) is 15.2 Å². The van der Waals surface area contributed by atoms with Crippen molar-refractivity contribution < 1.29 is 4.79 Å². The van der Waals surface area contributed by atoms with Gasteiger partial charge in [-0.3, -0.25) is 4.98 Å². The number of nitrogens with one attached hydrogen (secondary N) is 1. The van der Waals surface area contributed by atoms with Gasteiger partial charge in [0, 0.05) is 36.5 Å². The van der Waals surface area contributed by atoms with Crippen LogP contribution in [0.3, 0.4) is 0 Å². The largest absolute Gasteiger partial charge is 0.338 e. The molecule has 0 saturated heterocycles. The van der Waals surface area contributed by atoms with Crippen LogP contribution in [0.25, 0.3) is 0 Å². The number of carbonyl (C=O) groups is 1. The standard InChI is InChI=1S/C18H22BrN3O/c1-2-22(13-9-15-6-10-20-11-7-15)18(23)21-12-8-16-4-3-5-17(19)14-16/h3-7,10-11,14H,2,8-9,12-13H2,1H3,(H,21,23). The number of halogens is 1. The van der Waals surface area contributed by atoms with Gasteiger partial charge in [-0.2, -0.15) is 0 Å². The summed E-state index contributed by atoms with van der Waals surface area (Å²) >= 11 is 3.46. The highest BCUT2D eigenvalue weighted by Gasteiger charge is 2.10. The van der Waals surface area contributed by atoms with Gasteiger partial charge in [0.05, 0.1) is 0 Å². The molecule has 122 valence electrons. The molecule has 0 aliphatic carbocycles. The zero-order valence-corrected chi connectivity index (χ0v) is 14.9. The summed E-state index contributed by atoms with van der Waals surface area (Å²) in [6.45, 7) is 4.05. The molecule has 2 aromatic rings. The van der Waals surface area contributed by atoms with Crippen LogP contribution in [0.4, 0.5) is 4.79 Å². The van der Waals surface area contributed by atoms with Crippen molar-refractivity contribution in [2.45, 2.75) is 19.8 Å². The van der Waals surface area contributed by atoms with Gasteiger partial charge in [0.1, 0.15) is 0 Å². The second kappa shape index (κ2) is 9.30. The number of pyridine rings is 1. The maximum absolute atomic E-state index is 12.2. The fraction of sp³-hybridized carbons (Fsp3) is 0.333. The van der Waals surface area contributed by atoms with Crippen LogP contribution in [0.5, 0.6) is 0 Å². The molecule has 2 amide bonds. The van der Waals surface area contributed by atoms with Crippen molar-refractivity contribution in [3.63, 3.8) is 0 Å². The van der Waals surface area contributed by atoms with Crippen LogP contribution >= 0.6 is 15.9 Å². The van der Waals surface area contributed by atoms with E-state index in [1.54, 1.807) is 12.4 Å². The molecular weight excluding hydrogens is 354 g/mol. The molecule has 0 spiro atoms. The molecule has 0 aliphatic heterocycles. The molecule has 0 radical (unpaired) electrons. The number of urea groups is 1. The third kappa shape index (κ3) is 6.02. The fourth-order valence-electron chi connectivity index (χ4n) is 2.33. The summed E-state index contributed by atoms with van der Waals surface area (Å²) in [5.74, 6) is 0. The van der Waals surface area contributed by atoms with Crippen molar-refractivity contribution in [2.75, 3.05) is 19.6 Å². The van der Waals surface area contributed by atoms with E-state index >= 15 is 0 Å². The molecule has 0 atom stereocenters. The number of nitrogens with zero attached hydrogens (tertiary/aromatic N) is 2. The highest BCUT2D eigenvalue weighted by molar-refractivity contribution is 9.10. The van der Waals surface area contributed by atoms with Crippen LogP contribution in [0.2, 0.25) is 0 Å². The number of benzene rings is 1. The summed E-state index contributed by atoms with van der Waals surface area (Å²) in [7, 11) is 0. The summed E-state index contributed by atoms with van der Waals surface area (Å²) in [4.78, 5) is 18.1. The van der Waals surface area contributed by atoms with E-state index in [1.807, 2.05) is 36.1 Å². The minimum absolute atomic E-state index is 0.00319. The smallest absolute Gasteiger partial charge is 0.317 e. The fourth-order valence-corrected chi connectivity index (χ4v) is 2.78. The van der Waals surface area contributed by atoms with Gasteiger partial charge in [0.25, 0.3) is 0 Å². The van der Waals surface area contributed by atoms with Crippen molar-refractivity contribution in [3.05, 3.63) is 64.4 Å². The molecule has 0 unspecified atom stereocenters. The number of hydrogen-bond acceptors (Lipinski definition) is 2. The lowest BCUT2D eigenvalue weighted by molar-refractivity contribution is 0.201. The summed E-state index contributed by atoms with van der Waals surface area (Å²) in [6, 6.07) is 12.1. The second-order valence-electron chi connectivity index (χ2n) is 5.30. The molecule has 5 heteroatoms. The SMILES string of the molecule is CCN(CCc1ccncc1)C(=O)NCCc1cccc(Br)c1.